The van der Waals surface area contributed by atoms with Crippen molar-refractivity contribution in [3.63, 3.8) is 0 Å². The summed E-state index contributed by atoms with van der Waals surface area (Å²) in [5, 5.41) is 3.64. The Bertz CT molecular complexity index is 3220. The molecule has 0 fully saturated rings. The maximum Gasteiger partial charge on any atom is 0.160 e. The van der Waals surface area contributed by atoms with Crippen molar-refractivity contribution in [2.45, 2.75) is 0 Å². The predicted octanol–water partition coefficient (Wildman–Crippen LogP) is 14.3. The molecule has 11 rings (SSSR count). The summed E-state index contributed by atoms with van der Waals surface area (Å²) in [6.07, 6.45) is 0. The van der Waals surface area contributed by atoms with E-state index in [-0.39, 0.29) is 0 Å². The Balaban J connectivity index is 1.02. The highest BCUT2D eigenvalue weighted by molar-refractivity contribution is 7.26. The smallest absolute Gasteiger partial charge is 0.160 e. The summed E-state index contributed by atoms with van der Waals surface area (Å²) >= 11 is 1.77. The lowest BCUT2D eigenvalue weighted by atomic mass is 9.97. The van der Waals surface area contributed by atoms with Gasteiger partial charge in [0.1, 0.15) is 0 Å². The van der Waals surface area contributed by atoms with Gasteiger partial charge in [0.15, 0.2) is 5.82 Å². The average molecular weight is 732 g/mol. The molecule has 0 saturated heterocycles. The van der Waals surface area contributed by atoms with Crippen molar-refractivity contribution in [1.82, 2.24) is 14.5 Å². The molecule has 0 unspecified atom stereocenters. The lowest BCUT2D eigenvalue weighted by molar-refractivity contribution is 1.18. The fourth-order valence-corrected chi connectivity index (χ4v) is 9.21. The van der Waals surface area contributed by atoms with Crippen LogP contribution in [0.1, 0.15) is 0 Å². The van der Waals surface area contributed by atoms with Crippen molar-refractivity contribution in [1.29, 1.82) is 0 Å². The van der Waals surface area contributed by atoms with Gasteiger partial charge in [0.25, 0.3) is 0 Å². The first kappa shape index (κ1) is 32.3. The Hall–Kier alpha value is -7.14. The second-order valence-corrected chi connectivity index (χ2v) is 15.2. The molecule has 0 aliphatic heterocycles. The van der Waals surface area contributed by atoms with E-state index in [4.69, 9.17) is 9.97 Å². The quantitative estimate of drug-likeness (QED) is 0.170. The van der Waals surface area contributed by atoms with Gasteiger partial charge in [0.2, 0.25) is 0 Å². The van der Waals surface area contributed by atoms with Crippen LogP contribution in [0.2, 0.25) is 0 Å². The van der Waals surface area contributed by atoms with Crippen molar-refractivity contribution < 1.29 is 0 Å². The molecule has 262 valence electrons. The second-order valence-electron chi connectivity index (χ2n) is 14.2. The molecule has 0 N–H and O–H groups in total. The molecule has 11 aromatic rings. The molecule has 56 heavy (non-hydrogen) atoms. The minimum absolute atomic E-state index is 0.733. The van der Waals surface area contributed by atoms with Crippen LogP contribution in [0, 0.1) is 0 Å². The van der Waals surface area contributed by atoms with Crippen LogP contribution in [0.25, 0.3) is 104 Å². The van der Waals surface area contributed by atoms with Crippen LogP contribution in [0.4, 0.5) is 0 Å². The minimum atomic E-state index is 0.733. The van der Waals surface area contributed by atoms with Crippen molar-refractivity contribution in [3.05, 3.63) is 200 Å². The van der Waals surface area contributed by atoms with E-state index in [1.807, 2.05) is 18.2 Å². The molecular formula is C52H33N3S. The van der Waals surface area contributed by atoms with E-state index in [9.17, 15) is 0 Å². The highest BCUT2D eigenvalue weighted by atomic mass is 32.1. The summed E-state index contributed by atoms with van der Waals surface area (Å²) in [5.41, 5.74) is 14.7. The standard InChI is InChI=1S/C52H33N3S/c1-4-13-34(14-5-1)35-23-25-36(26-24-35)49-51-50(54-52(53-49)37-15-6-2-7-16-37)45-33-41(28-30-48(45)56-51)39-18-12-17-38(31-39)40-27-29-47-44(32-40)43-21-10-11-22-46(43)55(47)42-19-8-3-9-20-42/h1-33H. The Morgan fingerprint density at radius 2 is 0.893 bits per heavy atom. The van der Waals surface area contributed by atoms with Gasteiger partial charge in [-0.3, -0.25) is 0 Å². The summed E-state index contributed by atoms with van der Waals surface area (Å²) in [7, 11) is 0. The van der Waals surface area contributed by atoms with Gasteiger partial charge < -0.3 is 4.57 Å². The van der Waals surface area contributed by atoms with E-state index >= 15 is 0 Å². The van der Waals surface area contributed by atoms with E-state index in [0.29, 0.717) is 0 Å². The van der Waals surface area contributed by atoms with E-state index < -0.39 is 0 Å². The minimum Gasteiger partial charge on any atom is -0.309 e. The molecule has 0 atom stereocenters. The third-order valence-electron chi connectivity index (χ3n) is 10.8. The van der Waals surface area contributed by atoms with Gasteiger partial charge >= 0.3 is 0 Å². The van der Waals surface area contributed by atoms with E-state index in [1.165, 1.54) is 60.0 Å². The molecule has 0 aliphatic carbocycles. The maximum atomic E-state index is 5.26. The SMILES string of the molecule is c1ccc(-c2ccc(-c3nc(-c4ccccc4)nc4c3sc3ccc(-c5cccc(-c6ccc7c(c6)c6ccccc6n7-c6ccccc6)c5)cc34)cc2)cc1. The molecule has 0 spiro atoms. The van der Waals surface area contributed by atoms with Crippen molar-refractivity contribution in [2.24, 2.45) is 0 Å². The van der Waals surface area contributed by atoms with E-state index in [1.54, 1.807) is 11.3 Å². The Labute approximate surface area is 328 Å². The zero-order chi connectivity index (χ0) is 37.0. The molecule has 8 aromatic carbocycles. The van der Waals surface area contributed by atoms with Crippen LogP contribution in [-0.4, -0.2) is 14.5 Å². The van der Waals surface area contributed by atoms with Crippen molar-refractivity contribution in [3.8, 4) is 61.7 Å². The molecule has 4 heteroatoms. The summed E-state index contributed by atoms with van der Waals surface area (Å²) in [6, 6.07) is 71.5. The van der Waals surface area contributed by atoms with Gasteiger partial charge in [-0.05, 0) is 81.9 Å². The zero-order valence-corrected chi connectivity index (χ0v) is 31.1. The fraction of sp³-hybridized carbons (Fsp3) is 0. The van der Waals surface area contributed by atoms with Gasteiger partial charge in [-0.15, -0.1) is 11.3 Å². The normalized spacial score (nSPS) is 11.6. The number of hydrogen-bond donors (Lipinski definition) is 0. The maximum absolute atomic E-state index is 5.26. The van der Waals surface area contributed by atoms with Gasteiger partial charge in [-0.25, -0.2) is 9.97 Å². The monoisotopic (exact) mass is 731 g/mol. The lowest BCUT2D eigenvalue weighted by Gasteiger charge is -2.09. The van der Waals surface area contributed by atoms with Gasteiger partial charge in [-0.2, -0.15) is 0 Å². The molecule has 0 saturated carbocycles. The number of rotatable bonds is 6. The molecule has 0 aliphatic rings. The largest absolute Gasteiger partial charge is 0.309 e. The van der Waals surface area contributed by atoms with Crippen LogP contribution >= 0.6 is 11.3 Å². The highest BCUT2D eigenvalue weighted by Crippen LogP contribution is 2.42. The van der Waals surface area contributed by atoms with Gasteiger partial charge in [0, 0.05) is 37.7 Å². The first-order chi connectivity index (χ1) is 27.7. The lowest BCUT2D eigenvalue weighted by Crippen LogP contribution is -1.93. The molecule has 3 nitrogen and oxygen atoms in total. The molecule has 3 heterocycles. The molecule has 0 bridgehead atoms. The Morgan fingerprint density at radius 1 is 0.357 bits per heavy atom. The summed E-state index contributed by atoms with van der Waals surface area (Å²) in [6.45, 7) is 0. The number of thiophene rings is 1. The van der Waals surface area contributed by atoms with Crippen molar-refractivity contribution in [2.75, 3.05) is 0 Å². The van der Waals surface area contributed by atoms with Crippen LogP contribution in [0.15, 0.2) is 200 Å². The number of para-hydroxylation sites is 2. The molecule has 0 radical (unpaired) electrons. The fourth-order valence-electron chi connectivity index (χ4n) is 8.07. The third kappa shape index (κ3) is 5.50. The van der Waals surface area contributed by atoms with Crippen LogP contribution < -0.4 is 0 Å². The average Bonchev–Trinajstić information content (AvgIpc) is 3.82. The summed E-state index contributed by atoms with van der Waals surface area (Å²) in [4.78, 5) is 10.5. The van der Waals surface area contributed by atoms with E-state index in [0.717, 1.165) is 43.8 Å². The van der Waals surface area contributed by atoms with Gasteiger partial charge in [0.05, 0.1) is 26.9 Å². The summed E-state index contributed by atoms with van der Waals surface area (Å²) in [5.74, 6) is 0.733. The number of benzene rings is 8. The highest BCUT2D eigenvalue weighted by Gasteiger charge is 2.18. The zero-order valence-electron chi connectivity index (χ0n) is 30.3. The number of fused-ring (bicyclic) bond motifs is 6. The molecular weight excluding hydrogens is 699 g/mol. The summed E-state index contributed by atoms with van der Waals surface area (Å²) < 4.78 is 4.66. The van der Waals surface area contributed by atoms with Crippen LogP contribution in [-0.2, 0) is 0 Å². The van der Waals surface area contributed by atoms with Crippen LogP contribution in [0.5, 0.6) is 0 Å². The molecule has 3 aromatic heterocycles. The topological polar surface area (TPSA) is 30.7 Å². The van der Waals surface area contributed by atoms with Crippen molar-refractivity contribution >= 4 is 53.4 Å². The predicted molar refractivity (Wildman–Crippen MR) is 236 cm³/mol. The van der Waals surface area contributed by atoms with Crippen LogP contribution in [0.3, 0.4) is 0 Å². The third-order valence-corrected chi connectivity index (χ3v) is 12.0. The Morgan fingerprint density at radius 3 is 1.64 bits per heavy atom. The second kappa shape index (κ2) is 13.3. The number of aromatic nitrogens is 3. The van der Waals surface area contributed by atoms with E-state index in [2.05, 4.69) is 187 Å². The molecule has 0 amide bonds. The van der Waals surface area contributed by atoms with Gasteiger partial charge in [-0.1, -0.05) is 152 Å². The Kier molecular flexibility index (Phi) is 7.68. The number of hydrogen-bond acceptors (Lipinski definition) is 3. The number of nitrogens with zero attached hydrogens (tertiary/aromatic N) is 3. The first-order valence-corrected chi connectivity index (χ1v) is 19.7. The first-order valence-electron chi connectivity index (χ1n) is 18.9.